The molecule has 0 radical (unpaired) electrons. The molecule has 0 fully saturated rings. The first-order valence-corrected chi connectivity index (χ1v) is 5.16. The molecule has 2 N–H and O–H groups in total. The zero-order chi connectivity index (χ0) is 10.1. The molecule has 1 heterocycles. The minimum atomic E-state index is -0.229. The van der Waals surface area contributed by atoms with E-state index in [4.69, 9.17) is 5.73 Å². The van der Waals surface area contributed by atoms with E-state index in [9.17, 15) is 4.39 Å². The van der Waals surface area contributed by atoms with Crippen molar-refractivity contribution in [1.82, 2.24) is 0 Å². The lowest BCUT2D eigenvalue weighted by Crippen LogP contribution is -1.87. The van der Waals surface area contributed by atoms with Gasteiger partial charge in [0.1, 0.15) is 5.82 Å². The molecule has 0 saturated heterocycles. The maximum atomic E-state index is 13.0. The van der Waals surface area contributed by atoms with E-state index >= 15 is 0 Å². The number of rotatable bonds is 1. The predicted octanol–water partition coefficient (Wildman–Crippen LogP) is 3.44. The van der Waals surface area contributed by atoms with Crippen molar-refractivity contribution in [2.45, 2.75) is 6.92 Å². The Labute approximate surface area is 86.0 Å². The van der Waals surface area contributed by atoms with E-state index in [2.05, 4.69) is 0 Å². The summed E-state index contributed by atoms with van der Waals surface area (Å²) in [5.41, 5.74) is 8.33. The van der Waals surface area contributed by atoms with Crippen LogP contribution in [-0.4, -0.2) is 0 Å². The largest absolute Gasteiger partial charge is 0.398 e. The van der Waals surface area contributed by atoms with E-state index in [1.165, 1.54) is 12.1 Å². The summed E-state index contributed by atoms with van der Waals surface area (Å²) in [6, 6.07) is 6.50. The molecule has 3 heteroatoms. The second-order valence-electron chi connectivity index (χ2n) is 3.13. The molecule has 0 bridgehead atoms. The highest BCUT2D eigenvalue weighted by atomic mass is 32.1. The molecule has 1 aromatic carbocycles. The SMILES string of the molecule is Cc1scc(N)c1-c1cccc(F)c1. The van der Waals surface area contributed by atoms with Crippen LogP contribution in [0.4, 0.5) is 10.1 Å². The fourth-order valence-corrected chi connectivity index (χ4v) is 2.26. The second kappa shape index (κ2) is 3.42. The van der Waals surface area contributed by atoms with Crippen LogP contribution in [-0.2, 0) is 0 Å². The summed E-state index contributed by atoms with van der Waals surface area (Å²) in [6.45, 7) is 1.99. The normalized spacial score (nSPS) is 10.4. The van der Waals surface area contributed by atoms with E-state index < -0.39 is 0 Å². The molecule has 2 aromatic rings. The van der Waals surface area contributed by atoms with Gasteiger partial charge in [-0.15, -0.1) is 11.3 Å². The summed E-state index contributed by atoms with van der Waals surface area (Å²) in [6.07, 6.45) is 0. The third-order valence-electron chi connectivity index (χ3n) is 2.12. The minimum absolute atomic E-state index is 0.229. The topological polar surface area (TPSA) is 26.0 Å². The lowest BCUT2D eigenvalue weighted by molar-refractivity contribution is 0.628. The lowest BCUT2D eigenvalue weighted by atomic mass is 10.1. The average Bonchev–Trinajstić information content (AvgIpc) is 2.46. The second-order valence-corrected chi connectivity index (χ2v) is 4.22. The number of hydrogen-bond donors (Lipinski definition) is 1. The minimum Gasteiger partial charge on any atom is -0.398 e. The van der Waals surface area contributed by atoms with Crippen LogP contribution in [0.2, 0.25) is 0 Å². The molecule has 0 spiro atoms. The summed E-state index contributed by atoms with van der Waals surface area (Å²) in [5, 5.41) is 1.88. The van der Waals surface area contributed by atoms with Gasteiger partial charge >= 0.3 is 0 Å². The highest BCUT2D eigenvalue weighted by molar-refractivity contribution is 7.11. The van der Waals surface area contributed by atoms with E-state index in [0.717, 1.165) is 21.7 Å². The van der Waals surface area contributed by atoms with Crippen LogP contribution in [0, 0.1) is 12.7 Å². The molecule has 0 aliphatic rings. The van der Waals surface area contributed by atoms with Crippen LogP contribution in [0.15, 0.2) is 29.6 Å². The van der Waals surface area contributed by atoms with Gasteiger partial charge in [-0.05, 0) is 24.6 Å². The van der Waals surface area contributed by atoms with Gasteiger partial charge in [0.2, 0.25) is 0 Å². The highest BCUT2D eigenvalue weighted by Gasteiger charge is 2.08. The van der Waals surface area contributed by atoms with Crippen molar-refractivity contribution < 1.29 is 4.39 Å². The molecule has 1 nitrogen and oxygen atoms in total. The average molecular weight is 207 g/mol. The third kappa shape index (κ3) is 1.51. The smallest absolute Gasteiger partial charge is 0.123 e. The van der Waals surface area contributed by atoms with E-state index in [0.29, 0.717) is 0 Å². The van der Waals surface area contributed by atoms with Crippen molar-refractivity contribution in [2.24, 2.45) is 0 Å². The molecule has 1 aromatic heterocycles. The van der Waals surface area contributed by atoms with Gasteiger partial charge in [0, 0.05) is 15.8 Å². The number of halogens is 1. The summed E-state index contributed by atoms with van der Waals surface area (Å²) < 4.78 is 13.0. The molecule has 0 saturated carbocycles. The Bertz CT molecular complexity index is 443. The van der Waals surface area contributed by atoms with E-state index in [1.807, 2.05) is 18.4 Å². The third-order valence-corrected chi connectivity index (χ3v) is 3.05. The number of anilines is 1. The Hall–Kier alpha value is -1.35. The number of nitrogen functional groups attached to an aromatic ring is 1. The molecule has 0 aliphatic heterocycles. The zero-order valence-corrected chi connectivity index (χ0v) is 8.57. The molecular formula is C11H10FNS. The monoisotopic (exact) mass is 207 g/mol. The van der Waals surface area contributed by atoms with Gasteiger partial charge in [0.15, 0.2) is 0 Å². The first-order chi connectivity index (χ1) is 6.68. The van der Waals surface area contributed by atoms with E-state index in [1.54, 1.807) is 17.4 Å². The van der Waals surface area contributed by atoms with E-state index in [-0.39, 0.29) is 5.82 Å². The van der Waals surface area contributed by atoms with Gasteiger partial charge in [0.05, 0.1) is 5.69 Å². The van der Waals surface area contributed by atoms with Crippen molar-refractivity contribution in [3.8, 4) is 11.1 Å². The van der Waals surface area contributed by atoms with Crippen molar-refractivity contribution in [2.75, 3.05) is 5.73 Å². The molecule has 0 unspecified atom stereocenters. The van der Waals surface area contributed by atoms with Crippen molar-refractivity contribution in [3.63, 3.8) is 0 Å². The fourth-order valence-electron chi connectivity index (χ4n) is 1.49. The molecule has 2 rings (SSSR count). The van der Waals surface area contributed by atoms with Crippen LogP contribution in [0.3, 0.4) is 0 Å². The Morgan fingerprint density at radius 1 is 1.36 bits per heavy atom. The zero-order valence-electron chi connectivity index (χ0n) is 7.75. The highest BCUT2D eigenvalue weighted by Crippen LogP contribution is 2.34. The van der Waals surface area contributed by atoms with Gasteiger partial charge in [-0.1, -0.05) is 12.1 Å². The van der Waals surface area contributed by atoms with Crippen molar-refractivity contribution in [1.29, 1.82) is 0 Å². The Morgan fingerprint density at radius 3 is 2.71 bits per heavy atom. The van der Waals surface area contributed by atoms with Gasteiger partial charge in [-0.3, -0.25) is 0 Å². The number of benzene rings is 1. The number of hydrogen-bond acceptors (Lipinski definition) is 2. The van der Waals surface area contributed by atoms with Crippen molar-refractivity contribution in [3.05, 3.63) is 40.3 Å². The Kier molecular flexibility index (Phi) is 2.25. The standard InChI is InChI=1S/C11H10FNS/c1-7-11(10(13)6-14-7)8-3-2-4-9(12)5-8/h2-6H,13H2,1H3. The van der Waals surface area contributed by atoms with Crippen molar-refractivity contribution >= 4 is 17.0 Å². The quantitative estimate of drug-likeness (QED) is 0.761. The van der Waals surface area contributed by atoms with Gasteiger partial charge in [-0.2, -0.15) is 0 Å². The number of aryl methyl sites for hydroxylation is 1. The fraction of sp³-hybridized carbons (Fsp3) is 0.0909. The molecule has 0 atom stereocenters. The maximum absolute atomic E-state index is 13.0. The van der Waals surface area contributed by atoms with Crippen LogP contribution in [0.25, 0.3) is 11.1 Å². The predicted molar refractivity (Wildman–Crippen MR) is 58.9 cm³/mol. The van der Waals surface area contributed by atoms with Crippen LogP contribution in [0.5, 0.6) is 0 Å². The molecule has 0 aliphatic carbocycles. The van der Waals surface area contributed by atoms with Crippen LogP contribution in [0.1, 0.15) is 4.88 Å². The summed E-state index contributed by atoms with van der Waals surface area (Å²) in [5.74, 6) is -0.229. The first-order valence-electron chi connectivity index (χ1n) is 4.28. The van der Waals surface area contributed by atoms with Crippen LogP contribution >= 0.6 is 11.3 Å². The number of nitrogens with two attached hydrogens (primary N) is 1. The van der Waals surface area contributed by atoms with Gasteiger partial charge < -0.3 is 5.73 Å². The number of thiophene rings is 1. The molecule has 72 valence electrons. The van der Waals surface area contributed by atoms with Gasteiger partial charge in [0.25, 0.3) is 0 Å². The molecule has 0 amide bonds. The maximum Gasteiger partial charge on any atom is 0.123 e. The Balaban J connectivity index is 2.59. The summed E-state index contributed by atoms with van der Waals surface area (Å²) in [4.78, 5) is 1.12. The summed E-state index contributed by atoms with van der Waals surface area (Å²) >= 11 is 1.58. The van der Waals surface area contributed by atoms with Gasteiger partial charge in [-0.25, -0.2) is 4.39 Å². The molecule has 14 heavy (non-hydrogen) atoms. The Morgan fingerprint density at radius 2 is 2.14 bits per heavy atom. The van der Waals surface area contributed by atoms with Crippen LogP contribution < -0.4 is 5.73 Å². The lowest BCUT2D eigenvalue weighted by Gasteiger charge is -2.02. The first kappa shape index (κ1) is 9.21. The summed E-state index contributed by atoms with van der Waals surface area (Å²) in [7, 11) is 0. The molecular weight excluding hydrogens is 197 g/mol.